The molecule has 3 rings (SSSR count). The number of aromatic nitrogens is 3. The largest absolute Gasteiger partial charge is 0.383 e. The summed E-state index contributed by atoms with van der Waals surface area (Å²) < 4.78 is 7.14. The molecule has 0 aromatic carbocycles. The number of carbonyl (C=O) groups excluding carboxylic acids is 1. The van der Waals surface area contributed by atoms with Crippen molar-refractivity contribution in [2.24, 2.45) is 0 Å². The second-order valence-corrected chi connectivity index (χ2v) is 6.01. The van der Waals surface area contributed by atoms with Gasteiger partial charge in [-0.3, -0.25) is 9.78 Å². The van der Waals surface area contributed by atoms with Crippen molar-refractivity contribution >= 4 is 16.9 Å². The van der Waals surface area contributed by atoms with Crippen LogP contribution in [0.15, 0.2) is 48.9 Å². The SMILES string of the molecule is COC[C@@H](C)NC(=O)CCn1c(-c2ccncc2)cc2cccnc21. The summed E-state index contributed by atoms with van der Waals surface area (Å²) in [6.07, 6.45) is 5.69. The maximum Gasteiger partial charge on any atom is 0.222 e. The highest BCUT2D eigenvalue weighted by atomic mass is 16.5. The van der Waals surface area contributed by atoms with Gasteiger partial charge in [0.1, 0.15) is 5.65 Å². The quantitative estimate of drug-likeness (QED) is 0.719. The minimum Gasteiger partial charge on any atom is -0.383 e. The summed E-state index contributed by atoms with van der Waals surface area (Å²) >= 11 is 0. The van der Waals surface area contributed by atoms with E-state index in [-0.39, 0.29) is 11.9 Å². The van der Waals surface area contributed by atoms with Crippen molar-refractivity contribution in [2.75, 3.05) is 13.7 Å². The van der Waals surface area contributed by atoms with E-state index in [0.29, 0.717) is 19.6 Å². The number of aryl methyl sites for hydroxylation is 1. The topological polar surface area (TPSA) is 69.0 Å². The van der Waals surface area contributed by atoms with Gasteiger partial charge < -0.3 is 14.6 Å². The lowest BCUT2D eigenvalue weighted by Crippen LogP contribution is -2.36. The zero-order valence-electron chi connectivity index (χ0n) is 14.5. The first-order chi connectivity index (χ1) is 12.2. The monoisotopic (exact) mass is 338 g/mol. The third kappa shape index (κ3) is 4.03. The number of nitrogens with one attached hydrogen (secondary N) is 1. The van der Waals surface area contributed by atoms with Crippen LogP contribution in [0.3, 0.4) is 0 Å². The predicted molar refractivity (Wildman–Crippen MR) is 97.1 cm³/mol. The van der Waals surface area contributed by atoms with Gasteiger partial charge in [0, 0.05) is 55.7 Å². The maximum atomic E-state index is 12.2. The van der Waals surface area contributed by atoms with Gasteiger partial charge in [-0.25, -0.2) is 4.98 Å². The van der Waals surface area contributed by atoms with Crippen LogP contribution in [0, 0.1) is 0 Å². The van der Waals surface area contributed by atoms with Crippen LogP contribution >= 0.6 is 0 Å². The fourth-order valence-electron chi connectivity index (χ4n) is 2.93. The summed E-state index contributed by atoms with van der Waals surface area (Å²) in [6.45, 7) is 2.99. The first-order valence-electron chi connectivity index (χ1n) is 8.32. The number of rotatable bonds is 7. The highest BCUT2D eigenvalue weighted by Gasteiger charge is 2.13. The predicted octanol–water partition coefficient (Wildman–Crippen LogP) is 2.64. The van der Waals surface area contributed by atoms with Crippen molar-refractivity contribution in [2.45, 2.75) is 25.9 Å². The van der Waals surface area contributed by atoms with E-state index in [1.54, 1.807) is 25.7 Å². The maximum absolute atomic E-state index is 12.2. The Morgan fingerprint density at radius 3 is 2.84 bits per heavy atom. The van der Waals surface area contributed by atoms with Crippen molar-refractivity contribution in [3.63, 3.8) is 0 Å². The van der Waals surface area contributed by atoms with E-state index in [4.69, 9.17) is 4.74 Å². The van der Waals surface area contributed by atoms with E-state index in [1.807, 2.05) is 31.2 Å². The molecule has 0 unspecified atom stereocenters. The fourth-order valence-corrected chi connectivity index (χ4v) is 2.93. The van der Waals surface area contributed by atoms with Crippen LogP contribution in [0.4, 0.5) is 0 Å². The lowest BCUT2D eigenvalue weighted by molar-refractivity contribution is -0.122. The number of fused-ring (bicyclic) bond motifs is 1. The number of nitrogens with zero attached hydrogens (tertiary/aromatic N) is 3. The zero-order chi connectivity index (χ0) is 17.6. The highest BCUT2D eigenvalue weighted by molar-refractivity contribution is 5.84. The number of methoxy groups -OCH3 is 1. The van der Waals surface area contributed by atoms with E-state index < -0.39 is 0 Å². The van der Waals surface area contributed by atoms with Gasteiger partial charge in [0.2, 0.25) is 5.91 Å². The van der Waals surface area contributed by atoms with Gasteiger partial charge in [-0.1, -0.05) is 0 Å². The molecular weight excluding hydrogens is 316 g/mol. The molecule has 1 atom stereocenters. The van der Waals surface area contributed by atoms with Gasteiger partial charge in [0.25, 0.3) is 0 Å². The Kier molecular flexibility index (Phi) is 5.40. The molecule has 0 aliphatic carbocycles. The van der Waals surface area contributed by atoms with Crippen LogP contribution in [0.25, 0.3) is 22.3 Å². The summed E-state index contributed by atoms with van der Waals surface area (Å²) in [4.78, 5) is 20.8. The average molecular weight is 338 g/mol. The van der Waals surface area contributed by atoms with Gasteiger partial charge in [-0.2, -0.15) is 0 Å². The van der Waals surface area contributed by atoms with E-state index >= 15 is 0 Å². The molecule has 25 heavy (non-hydrogen) atoms. The molecule has 0 aliphatic rings. The van der Waals surface area contributed by atoms with E-state index in [0.717, 1.165) is 22.3 Å². The minimum atomic E-state index is -0.00306. The first kappa shape index (κ1) is 17.1. The molecule has 3 aromatic rings. The Hall–Kier alpha value is -2.73. The smallest absolute Gasteiger partial charge is 0.222 e. The molecule has 0 radical (unpaired) electrons. The molecule has 6 heteroatoms. The van der Waals surface area contributed by atoms with Gasteiger partial charge in [0.15, 0.2) is 0 Å². The summed E-state index contributed by atoms with van der Waals surface area (Å²) in [7, 11) is 1.63. The molecule has 0 bridgehead atoms. The van der Waals surface area contributed by atoms with Crippen LogP contribution < -0.4 is 5.32 Å². The minimum absolute atomic E-state index is 0.00279. The van der Waals surface area contributed by atoms with E-state index in [2.05, 4.69) is 25.9 Å². The molecule has 3 aromatic heterocycles. The first-order valence-corrected chi connectivity index (χ1v) is 8.32. The number of carbonyl (C=O) groups is 1. The molecular formula is C19H22N4O2. The standard InChI is InChI=1S/C19H22N4O2/c1-14(13-25-2)22-18(24)7-11-23-17(15-5-9-20-10-6-15)12-16-4-3-8-21-19(16)23/h3-6,8-10,12,14H,7,11,13H2,1-2H3,(H,22,24)/t14-/m1/s1. The molecule has 0 spiro atoms. The van der Waals surface area contributed by atoms with Gasteiger partial charge in [-0.15, -0.1) is 0 Å². The van der Waals surface area contributed by atoms with Crippen molar-refractivity contribution < 1.29 is 9.53 Å². The Morgan fingerprint density at radius 2 is 2.08 bits per heavy atom. The molecule has 0 aliphatic heterocycles. The molecule has 6 nitrogen and oxygen atoms in total. The van der Waals surface area contributed by atoms with E-state index in [9.17, 15) is 4.79 Å². The molecule has 1 amide bonds. The summed E-state index contributed by atoms with van der Waals surface area (Å²) in [6, 6.07) is 9.98. The number of amides is 1. The van der Waals surface area contributed by atoms with Crippen LogP contribution in [0.2, 0.25) is 0 Å². The van der Waals surface area contributed by atoms with Crippen molar-refractivity contribution in [1.29, 1.82) is 0 Å². The average Bonchev–Trinajstić information content (AvgIpc) is 2.99. The second kappa shape index (κ2) is 7.90. The number of pyridine rings is 2. The number of ether oxygens (including phenoxy) is 1. The zero-order valence-corrected chi connectivity index (χ0v) is 14.5. The van der Waals surface area contributed by atoms with Gasteiger partial charge in [-0.05, 0) is 37.3 Å². The number of hydrogen-bond donors (Lipinski definition) is 1. The van der Waals surface area contributed by atoms with Crippen molar-refractivity contribution in [3.05, 3.63) is 48.9 Å². The second-order valence-electron chi connectivity index (χ2n) is 6.01. The molecule has 1 N–H and O–H groups in total. The lowest BCUT2D eigenvalue weighted by Gasteiger charge is -2.14. The summed E-state index contributed by atoms with van der Waals surface area (Å²) in [5.41, 5.74) is 2.97. The summed E-state index contributed by atoms with van der Waals surface area (Å²) in [5, 5.41) is 4.00. The van der Waals surface area contributed by atoms with Gasteiger partial charge in [0.05, 0.1) is 12.3 Å². The molecule has 0 saturated heterocycles. The fraction of sp³-hybridized carbons (Fsp3) is 0.316. The normalized spacial score (nSPS) is 12.2. The van der Waals surface area contributed by atoms with Crippen LogP contribution in [0.5, 0.6) is 0 Å². The van der Waals surface area contributed by atoms with Crippen LogP contribution in [-0.4, -0.2) is 40.2 Å². The Balaban J connectivity index is 1.84. The highest BCUT2D eigenvalue weighted by Crippen LogP contribution is 2.27. The third-order valence-corrected chi connectivity index (χ3v) is 4.02. The molecule has 0 fully saturated rings. The Labute approximate surface area is 146 Å². The van der Waals surface area contributed by atoms with E-state index in [1.165, 1.54) is 0 Å². The Bertz CT molecular complexity index is 845. The van der Waals surface area contributed by atoms with Crippen molar-refractivity contribution in [3.8, 4) is 11.3 Å². The van der Waals surface area contributed by atoms with Gasteiger partial charge >= 0.3 is 0 Å². The molecule has 3 heterocycles. The van der Waals surface area contributed by atoms with Crippen molar-refractivity contribution in [1.82, 2.24) is 19.9 Å². The lowest BCUT2D eigenvalue weighted by atomic mass is 10.2. The van der Waals surface area contributed by atoms with Crippen LogP contribution in [0.1, 0.15) is 13.3 Å². The van der Waals surface area contributed by atoms with Crippen LogP contribution in [-0.2, 0) is 16.1 Å². The summed E-state index contributed by atoms with van der Waals surface area (Å²) in [5.74, 6) is 0.00279. The number of hydrogen-bond acceptors (Lipinski definition) is 4. The third-order valence-electron chi connectivity index (χ3n) is 4.02. The molecule has 0 saturated carbocycles. The Morgan fingerprint density at radius 1 is 1.28 bits per heavy atom. The molecule has 130 valence electrons.